The zero-order valence-corrected chi connectivity index (χ0v) is 18.9. The van der Waals surface area contributed by atoms with Crippen LogP contribution in [0.25, 0.3) is 0 Å². The predicted octanol–water partition coefficient (Wildman–Crippen LogP) is 4.12. The number of carbonyl (C=O) groups is 1. The van der Waals surface area contributed by atoms with Crippen LogP contribution < -0.4 is 19.1 Å². The average Bonchev–Trinajstić information content (AvgIpc) is 2.79. The smallest absolute Gasteiger partial charge is 0.264 e. The van der Waals surface area contributed by atoms with Crippen molar-refractivity contribution in [2.24, 2.45) is 0 Å². The number of nitrogens with one attached hydrogen (secondary N) is 1. The number of anilines is 2. The quantitative estimate of drug-likeness (QED) is 0.529. The monoisotopic (exact) mass is 476 g/mol. The highest BCUT2D eigenvalue weighted by molar-refractivity contribution is 7.92. The Hall–Kier alpha value is -3.66. The number of nitrogens with zero attached hydrogens (tertiary/aromatic N) is 1. The Kier molecular flexibility index (Phi) is 7.17. The largest absolute Gasteiger partial charge is 0.497 e. The molecule has 1 amide bonds. The number of sulfonamides is 1. The number of amides is 1. The van der Waals surface area contributed by atoms with Gasteiger partial charge in [0.2, 0.25) is 5.91 Å². The minimum atomic E-state index is -4.23. The fourth-order valence-electron chi connectivity index (χ4n) is 3.03. The highest BCUT2D eigenvalue weighted by Gasteiger charge is 2.30. The number of benzene rings is 3. The second-order valence-corrected chi connectivity index (χ2v) is 8.90. The summed E-state index contributed by atoms with van der Waals surface area (Å²) in [4.78, 5) is 12.7. The number of methoxy groups -OCH3 is 2. The number of aryl methyl sites for hydroxylation is 1. The van der Waals surface area contributed by atoms with Crippen LogP contribution in [0.3, 0.4) is 0 Å². The Morgan fingerprint density at radius 2 is 1.64 bits per heavy atom. The molecule has 0 unspecified atom stereocenters. The van der Waals surface area contributed by atoms with Gasteiger partial charge in [-0.2, -0.15) is 0 Å². The first kappa shape index (κ1) is 24.0. The molecule has 0 aliphatic rings. The second kappa shape index (κ2) is 9.86. The van der Waals surface area contributed by atoms with E-state index < -0.39 is 34.1 Å². The first-order chi connectivity index (χ1) is 15.6. The molecule has 10 heteroatoms. The SMILES string of the molecule is COc1ccc(OC)c(N(CC(=O)Nc2ccc(F)c(F)c2)S(=O)(=O)c2ccc(C)cc2)c1. The minimum Gasteiger partial charge on any atom is -0.497 e. The lowest BCUT2D eigenvalue weighted by molar-refractivity contribution is -0.114. The van der Waals surface area contributed by atoms with Gasteiger partial charge in [0, 0.05) is 17.8 Å². The van der Waals surface area contributed by atoms with Crippen LogP contribution in [-0.2, 0) is 14.8 Å². The third-order valence-electron chi connectivity index (χ3n) is 4.75. The fraction of sp³-hybridized carbons (Fsp3) is 0.174. The molecule has 174 valence electrons. The van der Waals surface area contributed by atoms with Gasteiger partial charge in [0.15, 0.2) is 11.6 Å². The van der Waals surface area contributed by atoms with Crippen molar-refractivity contribution in [1.29, 1.82) is 0 Å². The second-order valence-electron chi connectivity index (χ2n) is 7.04. The molecule has 3 rings (SSSR count). The van der Waals surface area contributed by atoms with Crippen molar-refractivity contribution >= 4 is 27.3 Å². The third kappa shape index (κ3) is 5.40. The summed E-state index contributed by atoms with van der Waals surface area (Å²) < 4.78 is 65.2. The summed E-state index contributed by atoms with van der Waals surface area (Å²) in [6.07, 6.45) is 0. The minimum absolute atomic E-state index is 0.0239. The van der Waals surface area contributed by atoms with Gasteiger partial charge in [0.05, 0.1) is 24.8 Å². The van der Waals surface area contributed by atoms with Gasteiger partial charge < -0.3 is 14.8 Å². The van der Waals surface area contributed by atoms with Crippen LogP contribution in [0, 0.1) is 18.6 Å². The topological polar surface area (TPSA) is 84.9 Å². The molecule has 1 N–H and O–H groups in total. The fourth-order valence-corrected chi connectivity index (χ4v) is 4.46. The first-order valence-electron chi connectivity index (χ1n) is 9.72. The maximum absolute atomic E-state index is 13.5. The summed E-state index contributed by atoms with van der Waals surface area (Å²) in [5, 5.41) is 2.39. The van der Waals surface area contributed by atoms with Gasteiger partial charge in [-0.1, -0.05) is 17.7 Å². The maximum Gasteiger partial charge on any atom is 0.264 e. The van der Waals surface area contributed by atoms with Crippen LogP contribution in [-0.4, -0.2) is 35.1 Å². The van der Waals surface area contributed by atoms with Crippen molar-refractivity contribution < 1.29 is 31.5 Å². The predicted molar refractivity (Wildman–Crippen MR) is 120 cm³/mol. The molecule has 0 saturated heterocycles. The van der Waals surface area contributed by atoms with E-state index in [-0.39, 0.29) is 22.0 Å². The standard InChI is InChI=1S/C23H22F2N2O5S/c1-15-4-8-18(9-5-15)33(29,30)27(21-13-17(31-2)7-11-22(21)32-3)14-23(28)26-16-6-10-19(24)20(25)12-16/h4-13H,14H2,1-3H3,(H,26,28). The van der Waals surface area contributed by atoms with Gasteiger partial charge in [-0.3, -0.25) is 9.10 Å². The zero-order valence-electron chi connectivity index (χ0n) is 18.1. The summed E-state index contributed by atoms with van der Waals surface area (Å²) >= 11 is 0. The van der Waals surface area contributed by atoms with E-state index in [9.17, 15) is 22.0 Å². The van der Waals surface area contributed by atoms with Gasteiger partial charge in [-0.25, -0.2) is 17.2 Å². The van der Waals surface area contributed by atoms with Crippen LogP contribution >= 0.6 is 0 Å². The summed E-state index contributed by atoms with van der Waals surface area (Å²) in [6, 6.07) is 13.5. The van der Waals surface area contributed by atoms with E-state index in [0.717, 1.165) is 22.0 Å². The van der Waals surface area contributed by atoms with Gasteiger partial charge in [-0.15, -0.1) is 0 Å². The molecule has 0 aliphatic carbocycles. The van der Waals surface area contributed by atoms with Crippen molar-refractivity contribution in [3.8, 4) is 11.5 Å². The number of hydrogen-bond donors (Lipinski definition) is 1. The molecule has 0 heterocycles. The van der Waals surface area contributed by atoms with Crippen LogP contribution in [0.1, 0.15) is 5.56 Å². The number of halogens is 2. The molecule has 0 fully saturated rings. The molecule has 0 atom stereocenters. The van der Waals surface area contributed by atoms with E-state index in [4.69, 9.17) is 9.47 Å². The first-order valence-corrected chi connectivity index (χ1v) is 11.2. The zero-order chi connectivity index (χ0) is 24.2. The summed E-state index contributed by atoms with van der Waals surface area (Å²) in [7, 11) is -1.45. The van der Waals surface area contributed by atoms with Crippen molar-refractivity contribution in [1.82, 2.24) is 0 Å². The lowest BCUT2D eigenvalue weighted by atomic mass is 10.2. The van der Waals surface area contributed by atoms with Crippen molar-refractivity contribution in [3.63, 3.8) is 0 Å². The maximum atomic E-state index is 13.5. The Balaban J connectivity index is 2.04. The highest BCUT2D eigenvalue weighted by atomic mass is 32.2. The molecule has 3 aromatic rings. The summed E-state index contributed by atoms with van der Waals surface area (Å²) in [6.45, 7) is 1.15. The molecule has 0 saturated carbocycles. The van der Waals surface area contributed by atoms with Gasteiger partial charge in [-0.05, 0) is 43.3 Å². The lowest BCUT2D eigenvalue weighted by Crippen LogP contribution is -2.38. The summed E-state index contributed by atoms with van der Waals surface area (Å²) in [5.74, 6) is -2.46. The molecule has 0 bridgehead atoms. The molecule has 33 heavy (non-hydrogen) atoms. The van der Waals surface area contributed by atoms with E-state index in [1.165, 1.54) is 44.6 Å². The van der Waals surface area contributed by atoms with Crippen molar-refractivity contribution in [2.75, 3.05) is 30.4 Å². The van der Waals surface area contributed by atoms with Crippen LogP contribution in [0.2, 0.25) is 0 Å². The van der Waals surface area contributed by atoms with Gasteiger partial charge >= 0.3 is 0 Å². The number of hydrogen-bond acceptors (Lipinski definition) is 5. The van der Waals surface area contributed by atoms with Crippen LogP contribution in [0.15, 0.2) is 65.6 Å². The van der Waals surface area contributed by atoms with Crippen molar-refractivity contribution in [3.05, 3.63) is 77.9 Å². The summed E-state index contributed by atoms with van der Waals surface area (Å²) in [5.41, 5.74) is 0.901. The Bertz CT molecular complexity index is 1260. The highest BCUT2D eigenvalue weighted by Crippen LogP contribution is 2.35. The molecule has 0 aromatic heterocycles. The molecule has 7 nitrogen and oxygen atoms in total. The Labute approximate surface area is 190 Å². The number of rotatable bonds is 8. The van der Waals surface area contributed by atoms with E-state index in [2.05, 4.69) is 5.32 Å². The van der Waals surface area contributed by atoms with E-state index in [0.29, 0.717) is 5.75 Å². The molecular formula is C23H22F2N2O5S. The lowest BCUT2D eigenvalue weighted by Gasteiger charge is -2.26. The molecule has 0 spiro atoms. The van der Waals surface area contributed by atoms with Gasteiger partial charge in [0.25, 0.3) is 10.0 Å². The molecule has 3 aromatic carbocycles. The third-order valence-corrected chi connectivity index (χ3v) is 6.53. The molecule has 0 aliphatic heterocycles. The van der Waals surface area contributed by atoms with Crippen LogP contribution in [0.4, 0.5) is 20.2 Å². The van der Waals surface area contributed by atoms with Gasteiger partial charge in [0.1, 0.15) is 18.0 Å². The number of carbonyl (C=O) groups excluding carboxylic acids is 1. The Morgan fingerprint density at radius 3 is 2.24 bits per heavy atom. The molecular weight excluding hydrogens is 454 g/mol. The Morgan fingerprint density at radius 1 is 0.939 bits per heavy atom. The van der Waals surface area contributed by atoms with E-state index >= 15 is 0 Å². The van der Waals surface area contributed by atoms with Crippen molar-refractivity contribution in [2.45, 2.75) is 11.8 Å². The van der Waals surface area contributed by atoms with E-state index in [1.807, 2.05) is 6.92 Å². The molecule has 0 radical (unpaired) electrons. The van der Waals surface area contributed by atoms with Crippen LogP contribution in [0.5, 0.6) is 11.5 Å². The number of ether oxygens (including phenoxy) is 2. The average molecular weight is 477 g/mol. The normalized spacial score (nSPS) is 11.1. The van der Waals surface area contributed by atoms with E-state index in [1.54, 1.807) is 18.2 Å².